The van der Waals surface area contributed by atoms with E-state index in [1.807, 2.05) is 48.5 Å². The molecular formula is C18H15ClN4O. The van der Waals surface area contributed by atoms with Crippen molar-refractivity contribution < 1.29 is 4.79 Å². The molecule has 2 aromatic carbocycles. The fraction of sp³-hybridized carbons (Fsp3) is 0.0556. The van der Waals surface area contributed by atoms with Gasteiger partial charge in [0.25, 0.3) is 5.91 Å². The first kappa shape index (κ1) is 16.0. The van der Waals surface area contributed by atoms with E-state index in [4.69, 9.17) is 17.3 Å². The molecule has 1 aromatic heterocycles. The average Bonchev–Trinajstić information content (AvgIpc) is 2.61. The van der Waals surface area contributed by atoms with Crippen molar-refractivity contribution in [2.45, 2.75) is 6.54 Å². The third-order valence-corrected chi connectivity index (χ3v) is 3.79. The van der Waals surface area contributed by atoms with Gasteiger partial charge in [-0.3, -0.25) is 4.79 Å². The van der Waals surface area contributed by atoms with E-state index in [-0.39, 0.29) is 17.4 Å². The number of rotatable bonds is 4. The second kappa shape index (κ2) is 7.10. The van der Waals surface area contributed by atoms with Crippen LogP contribution in [0, 0.1) is 0 Å². The molecule has 0 saturated heterocycles. The van der Waals surface area contributed by atoms with E-state index in [1.54, 1.807) is 6.07 Å². The molecule has 0 saturated carbocycles. The summed E-state index contributed by atoms with van der Waals surface area (Å²) in [7, 11) is 0. The number of hydrogen-bond donors (Lipinski definition) is 2. The van der Waals surface area contributed by atoms with Crippen LogP contribution < -0.4 is 11.1 Å². The van der Waals surface area contributed by atoms with Crippen LogP contribution in [0.4, 0.5) is 5.82 Å². The summed E-state index contributed by atoms with van der Waals surface area (Å²) in [6.07, 6.45) is 1.50. The third-order valence-electron chi connectivity index (χ3n) is 3.46. The summed E-state index contributed by atoms with van der Waals surface area (Å²) in [6.45, 7) is 0.386. The number of aromatic nitrogens is 2. The molecule has 0 bridgehead atoms. The molecule has 0 radical (unpaired) electrons. The van der Waals surface area contributed by atoms with Gasteiger partial charge in [-0.2, -0.15) is 0 Å². The largest absolute Gasteiger partial charge is 0.382 e. The molecule has 24 heavy (non-hydrogen) atoms. The van der Waals surface area contributed by atoms with Crippen LogP contribution in [0.3, 0.4) is 0 Å². The minimum atomic E-state index is -0.377. The van der Waals surface area contributed by atoms with Crippen LogP contribution in [0.2, 0.25) is 5.02 Å². The molecule has 120 valence electrons. The lowest BCUT2D eigenvalue weighted by atomic mass is 10.1. The second-order valence-electron chi connectivity index (χ2n) is 5.14. The molecule has 1 heterocycles. The summed E-state index contributed by atoms with van der Waals surface area (Å²) >= 11 is 6.17. The van der Waals surface area contributed by atoms with Gasteiger partial charge >= 0.3 is 0 Å². The van der Waals surface area contributed by atoms with Crippen LogP contribution in [-0.2, 0) is 6.54 Å². The highest BCUT2D eigenvalue weighted by Gasteiger charge is 2.15. The zero-order valence-electron chi connectivity index (χ0n) is 12.7. The topological polar surface area (TPSA) is 80.9 Å². The summed E-state index contributed by atoms with van der Waals surface area (Å²) in [4.78, 5) is 20.8. The third kappa shape index (κ3) is 3.52. The molecule has 0 aliphatic carbocycles. The number of carbonyl (C=O) groups is 1. The monoisotopic (exact) mass is 338 g/mol. The molecule has 3 aromatic rings. The zero-order valence-corrected chi connectivity index (χ0v) is 13.5. The van der Waals surface area contributed by atoms with Gasteiger partial charge in [-0.1, -0.05) is 60.1 Å². The lowest BCUT2D eigenvalue weighted by molar-refractivity contribution is 0.0946. The van der Waals surface area contributed by atoms with Gasteiger partial charge in [0.05, 0.1) is 16.9 Å². The summed E-state index contributed by atoms with van der Waals surface area (Å²) in [5.74, 6) is -0.297. The molecule has 3 rings (SSSR count). The number of nitrogen functional groups attached to an aromatic ring is 1. The number of benzene rings is 2. The maximum Gasteiger partial charge on any atom is 0.274 e. The SMILES string of the molecule is Nc1ncc(-c2ccccc2Cl)nc1C(=O)NCc1ccccc1. The van der Waals surface area contributed by atoms with Gasteiger partial charge < -0.3 is 11.1 Å². The zero-order chi connectivity index (χ0) is 16.9. The molecule has 5 nitrogen and oxygen atoms in total. The highest BCUT2D eigenvalue weighted by Crippen LogP contribution is 2.26. The van der Waals surface area contributed by atoms with Crippen molar-refractivity contribution in [3.63, 3.8) is 0 Å². The van der Waals surface area contributed by atoms with Gasteiger partial charge in [-0.25, -0.2) is 9.97 Å². The number of nitrogens with two attached hydrogens (primary N) is 1. The van der Waals surface area contributed by atoms with Crippen LogP contribution in [-0.4, -0.2) is 15.9 Å². The first-order valence-electron chi connectivity index (χ1n) is 7.34. The number of amides is 1. The highest BCUT2D eigenvalue weighted by molar-refractivity contribution is 6.33. The van der Waals surface area contributed by atoms with Crippen molar-refractivity contribution in [1.29, 1.82) is 0 Å². The average molecular weight is 339 g/mol. The molecule has 0 atom stereocenters. The normalized spacial score (nSPS) is 10.4. The lowest BCUT2D eigenvalue weighted by Crippen LogP contribution is -2.25. The minimum absolute atomic E-state index is 0.0800. The van der Waals surface area contributed by atoms with E-state index in [2.05, 4.69) is 15.3 Å². The van der Waals surface area contributed by atoms with E-state index in [9.17, 15) is 4.79 Å². The van der Waals surface area contributed by atoms with E-state index in [0.717, 1.165) is 5.56 Å². The van der Waals surface area contributed by atoms with E-state index >= 15 is 0 Å². The number of nitrogens with one attached hydrogen (secondary N) is 1. The van der Waals surface area contributed by atoms with Crippen molar-refractivity contribution in [3.05, 3.63) is 77.1 Å². The van der Waals surface area contributed by atoms with E-state index < -0.39 is 0 Å². The molecule has 0 fully saturated rings. The van der Waals surface area contributed by atoms with Crippen molar-refractivity contribution in [3.8, 4) is 11.3 Å². The van der Waals surface area contributed by atoms with Gasteiger partial charge in [0.1, 0.15) is 0 Å². The number of halogens is 1. The van der Waals surface area contributed by atoms with Crippen LogP contribution in [0.25, 0.3) is 11.3 Å². The number of carbonyl (C=O) groups excluding carboxylic acids is 1. The van der Waals surface area contributed by atoms with Crippen LogP contribution in [0.5, 0.6) is 0 Å². The van der Waals surface area contributed by atoms with Crippen LogP contribution >= 0.6 is 11.6 Å². The van der Waals surface area contributed by atoms with Gasteiger partial charge in [0.15, 0.2) is 11.5 Å². The Balaban J connectivity index is 1.84. The Morgan fingerprint density at radius 2 is 1.79 bits per heavy atom. The lowest BCUT2D eigenvalue weighted by Gasteiger charge is -2.09. The molecular weight excluding hydrogens is 324 g/mol. The quantitative estimate of drug-likeness (QED) is 0.764. The van der Waals surface area contributed by atoms with E-state index in [1.165, 1.54) is 6.20 Å². The number of nitrogens with zero attached hydrogens (tertiary/aromatic N) is 2. The Morgan fingerprint density at radius 1 is 1.08 bits per heavy atom. The standard InChI is InChI=1S/C18H15ClN4O/c19-14-9-5-4-8-13(14)15-11-21-17(20)16(23-15)18(24)22-10-12-6-2-1-3-7-12/h1-9,11H,10H2,(H2,20,21)(H,22,24). The summed E-state index contributed by atoms with van der Waals surface area (Å²) < 4.78 is 0. The maximum atomic E-state index is 12.4. The predicted octanol–water partition coefficient (Wildman–Crippen LogP) is 3.31. The maximum absolute atomic E-state index is 12.4. The number of anilines is 1. The Morgan fingerprint density at radius 3 is 2.54 bits per heavy atom. The van der Waals surface area contributed by atoms with Crippen LogP contribution in [0.15, 0.2) is 60.8 Å². The summed E-state index contributed by atoms with van der Waals surface area (Å²) in [5, 5.41) is 3.33. The van der Waals surface area contributed by atoms with Crippen molar-refractivity contribution in [2.75, 3.05) is 5.73 Å². The predicted molar refractivity (Wildman–Crippen MR) is 94.5 cm³/mol. The smallest absolute Gasteiger partial charge is 0.274 e. The Hall–Kier alpha value is -2.92. The van der Waals surface area contributed by atoms with Gasteiger partial charge in [-0.15, -0.1) is 0 Å². The van der Waals surface area contributed by atoms with E-state index in [0.29, 0.717) is 22.8 Å². The van der Waals surface area contributed by atoms with Crippen molar-refractivity contribution >= 4 is 23.3 Å². The minimum Gasteiger partial charge on any atom is -0.382 e. The first-order chi connectivity index (χ1) is 11.6. The van der Waals surface area contributed by atoms with Crippen molar-refractivity contribution in [1.82, 2.24) is 15.3 Å². The van der Waals surface area contributed by atoms with Gasteiger partial charge in [0, 0.05) is 12.1 Å². The number of hydrogen-bond acceptors (Lipinski definition) is 4. The molecule has 0 unspecified atom stereocenters. The van der Waals surface area contributed by atoms with Crippen molar-refractivity contribution in [2.24, 2.45) is 0 Å². The Labute approximate surface area is 144 Å². The van der Waals surface area contributed by atoms with Crippen LogP contribution in [0.1, 0.15) is 16.1 Å². The Kier molecular flexibility index (Phi) is 4.72. The fourth-order valence-corrected chi connectivity index (χ4v) is 2.46. The first-order valence-corrected chi connectivity index (χ1v) is 7.72. The molecule has 6 heteroatoms. The second-order valence-corrected chi connectivity index (χ2v) is 5.54. The summed E-state index contributed by atoms with van der Waals surface area (Å²) in [5.41, 5.74) is 8.08. The Bertz CT molecular complexity index is 868. The highest BCUT2D eigenvalue weighted by atomic mass is 35.5. The van der Waals surface area contributed by atoms with Gasteiger partial charge in [-0.05, 0) is 11.6 Å². The molecule has 0 spiro atoms. The molecule has 0 aliphatic heterocycles. The molecule has 1 amide bonds. The molecule has 3 N–H and O–H groups in total. The summed E-state index contributed by atoms with van der Waals surface area (Å²) in [6, 6.07) is 16.8. The van der Waals surface area contributed by atoms with Gasteiger partial charge in [0.2, 0.25) is 0 Å². The fourth-order valence-electron chi connectivity index (χ4n) is 2.23. The molecule has 0 aliphatic rings.